The summed E-state index contributed by atoms with van der Waals surface area (Å²) in [5, 5.41) is 13.1. The minimum atomic E-state index is -2.43. The number of nitrogens with one attached hydrogen (secondary N) is 1. The number of alkyl halides is 2. The molecular weight excluding hydrogens is 218 g/mol. The van der Waals surface area contributed by atoms with E-state index in [9.17, 15) is 18.9 Å². The van der Waals surface area contributed by atoms with Gasteiger partial charge in [-0.2, -0.15) is 0 Å². The first-order chi connectivity index (χ1) is 7.50. The van der Waals surface area contributed by atoms with Gasteiger partial charge in [0.1, 0.15) is 0 Å². The maximum absolute atomic E-state index is 11.9. The second-order valence-corrected chi connectivity index (χ2v) is 3.37. The third kappa shape index (κ3) is 3.54. The molecule has 1 rings (SSSR count). The molecule has 0 aliphatic rings. The van der Waals surface area contributed by atoms with Gasteiger partial charge in [0.15, 0.2) is 0 Å². The number of hydrogen-bond donors (Lipinski definition) is 1. The van der Waals surface area contributed by atoms with Gasteiger partial charge >= 0.3 is 0 Å². The van der Waals surface area contributed by atoms with E-state index in [4.69, 9.17) is 0 Å². The van der Waals surface area contributed by atoms with E-state index in [1.54, 1.807) is 13.0 Å². The van der Waals surface area contributed by atoms with Crippen LogP contribution in [-0.4, -0.2) is 17.9 Å². The molecule has 0 heterocycles. The molecule has 0 saturated carbocycles. The molecule has 88 valence electrons. The highest BCUT2D eigenvalue weighted by Gasteiger charge is 2.12. The van der Waals surface area contributed by atoms with Crippen LogP contribution in [0, 0.1) is 10.1 Å². The maximum Gasteiger partial charge on any atom is 0.269 e. The van der Waals surface area contributed by atoms with Crippen LogP contribution in [0.2, 0.25) is 0 Å². The lowest BCUT2D eigenvalue weighted by molar-refractivity contribution is -0.384. The van der Waals surface area contributed by atoms with E-state index in [1.807, 2.05) is 0 Å². The van der Waals surface area contributed by atoms with Crippen LogP contribution in [0.25, 0.3) is 0 Å². The van der Waals surface area contributed by atoms with Gasteiger partial charge < -0.3 is 5.32 Å². The summed E-state index contributed by atoms with van der Waals surface area (Å²) in [7, 11) is 0. The zero-order valence-corrected chi connectivity index (χ0v) is 8.69. The third-order valence-corrected chi connectivity index (χ3v) is 2.16. The summed E-state index contributed by atoms with van der Waals surface area (Å²) in [6.07, 6.45) is -2.43. The van der Waals surface area contributed by atoms with Crippen LogP contribution in [0.3, 0.4) is 0 Å². The van der Waals surface area contributed by atoms with Crippen LogP contribution < -0.4 is 5.32 Å². The molecule has 16 heavy (non-hydrogen) atoms. The summed E-state index contributed by atoms with van der Waals surface area (Å²) in [6, 6.07) is 5.60. The van der Waals surface area contributed by atoms with Crippen molar-refractivity contribution in [2.45, 2.75) is 19.4 Å². The Labute approximate surface area is 91.4 Å². The van der Waals surface area contributed by atoms with E-state index >= 15 is 0 Å². The smallest absolute Gasteiger partial charge is 0.269 e. The number of halogens is 2. The normalized spacial score (nSPS) is 12.8. The molecule has 0 aliphatic carbocycles. The van der Waals surface area contributed by atoms with Gasteiger partial charge in [0.2, 0.25) is 0 Å². The molecule has 0 aromatic heterocycles. The van der Waals surface area contributed by atoms with Gasteiger partial charge in [-0.25, -0.2) is 8.78 Å². The molecule has 1 N–H and O–H groups in total. The van der Waals surface area contributed by atoms with Crippen molar-refractivity contribution in [1.29, 1.82) is 0 Å². The summed E-state index contributed by atoms with van der Waals surface area (Å²) >= 11 is 0. The van der Waals surface area contributed by atoms with Crippen LogP contribution in [0.5, 0.6) is 0 Å². The lowest BCUT2D eigenvalue weighted by atomic mass is 10.1. The van der Waals surface area contributed by atoms with Crippen molar-refractivity contribution in [3.8, 4) is 0 Å². The maximum atomic E-state index is 11.9. The Balaban J connectivity index is 2.71. The van der Waals surface area contributed by atoms with Crippen LogP contribution in [0.1, 0.15) is 18.5 Å². The van der Waals surface area contributed by atoms with Crippen molar-refractivity contribution < 1.29 is 13.7 Å². The highest BCUT2D eigenvalue weighted by Crippen LogP contribution is 2.18. The van der Waals surface area contributed by atoms with Gasteiger partial charge in [-0.15, -0.1) is 0 Å². The van der Waals surface area contributed by atoms with Gasteiger partial charge in [-0.3, -0.25) is 10.1 Å². The van der Waals surface area contributed by atoms with E-state index in [2.05, 4.69) is 5.32 Å². The summed E-state index contributed by atoms with van der Waals surface area (Å²) in [5.74, 6) is 0. The van der Waals surface area contributed by atoms with Gasteiger partial charge in [-0.1, -0.05) is 12.1 Å². The number of nitro groups is 1. The van der Waals surface area contributed by atoms with Crippen molar-refractivity contribution in [2.75, 3.05) is 6.54 Å². The summed E-state index contributed by atoms with van der Waals surface area (Å²) < 4.78 is 23.9. The molecular formula is C10H12F2N2O2. The lowest BCUT2D eigenvalue weighted by Gasteiger charge is -2.13. The number of non-ortho nitro benzene ring substituents is 1. The number of benzene rings is 1. The molecule has 0 spiro atoms. The molecule has 4 nitrogen and oxygen atoms in total. The molecule has 1 unspecified atom stereocenters. The Hall–Kier alpha value is -1.56. The largest absolute Gasteiger partial charge is 0.305 e. The molecule has 0 saturated heterocycles. The zero-order valence-electron chi connectivity index (χ0n) is 8.69. The lowest BCUT2D eigenvalue weighted by Crippen LogP contribution is -2.24. The molecule has 6 heteroatoms. The monoisotopic (exact) mass is 230 g/mol. The molecule has 0 aliphatic heterocycles. The first kappa shape index (κ1) is 12.5. The van der Waals surface area contributed by atoms with Gasteiger partial charge in [-0.05, 0) is 12.5 Å². The van der Waals surface area contributed by atoms with Crippen molar-refractivity contribution in [3.05, 3.63) is 39.9 Å². The Bertz CT molecular complexity index is 372. The number of rotatable bonds is 5. The van der Waals surface area contributed by atoms with Crippen LogP contribution in [-0.2, 0) is 0 Å². The van der Waals surface area contributed by atoms with E-state index < -0.39 is 17.9 Å². The number of nitrogens with zero attached hydrogens (tertiary/aromatic N) is 1. The second-order valence-electron chi connectivity index (χ2n) is 3.37. The van der Waals surface area contributed by atoms with E-state index in [0.29, 0.717) is 5.56 Å². The minimum Gasteiger partial charge on any atom is -0.305 e. The molecule has 0 fully saturated rings. The summed E-state index contributed by atoms with van der Waals surface area (Å²) in [4.78, 5) is 10.00. The fourth-order valence-electron chi connectivity index (χ4n) is 1.29. The van der Waals surface area contributed by atoms with Crippen molar-refractivity contribution in [1.82, 2.24) is 5.32 Å². The standard InChI is InChI=1S/C10H12F2N2O2/c1-7(13-6-10(11)12)8-3-2-4-9(5-8)14(15)16/h2-5,7,10,13H,6H2,1H3. The van der Waals surface area contributed by atoms with Gasteiger partial charge in [0.05, 0.1) is 11.5 Å². The second kappa shape index (κ2) is 5.50. The van der Waals surface area contributed by atoms with E-state index in [0.717, 1.165) is 0 Å². The summed E-state index contributed by atoms with van der Waals surface area (Å²) in [5.41, 5.74) is 0.582. The van der Waals surface area contributed by atoms with Crippen molar-refractivity contribution in [2.24, 2.45) is 0 Å². The first-order valence-electron chi connectivity index (χ1n) is 4.76. The van der Waals surface area contributed by atoms with Crippen LogP contribution in [0.15, 0.2) is 24.3 Å². The van der Waals surface area contributed by atoms with Crippen LogP contribution in [0.4, 0.5) is 14.5 Å². The molecule has 1 atom stereocenters. The molecule has 0 amide bonds. The quantitative estimate of drug-likeness (QED) is 0.624. The van der Waals surface area contributed by atoms with E-state index in [-0.39, 0.29) is 11.7 Å². The highest BCUT2D eigenvalue weighted by atomic mass is 19.3. The Morgan fingerprint density at radius 1 is 1.50 bits per heavy atom. The highest BCUT2D eigenvalue weighted by molar-refractivity contribution is 5.35. The topological polar surface area (TPSA) is 55.2 Å². The Morgan fingerprint density at radius 2 is 2.19 bits per heavy atom. The summed E-state index contributed by atoms with van der Waals surface area (Å²) in [6.45, 7) is 1.26. The molecule has 0 bridgehead atoms. The molecule has 0 radical (unpaired) electrons. The predicted molar refractivity (Wildman–Crippen MR) is 55.5 cm³/mol. The number of nitro benzene ring substituents is 1. The van der Waals surface area contributed by atoms with Crippen molar-refractivity contribution >= 4 is 5.69 Å². The van der Waals surface area contributed by atoms with Crippen molar-refractivity contribution in [3.63, 3.8) is 0 Å². The Kier molecular flexibility index (Phi) is 4.30. The SMILES string of the molecule is CC(NCC(F)F)c1cccc([N+](=O)[O-])c1. The Morgan fingerprint density at radius 3 is 2.75 bits per heavy atom. The van der Waals surface area contributed by atoms with Gasteiger partial charge in [0, 0.05) is 18.2 Å². The third-order valence-electron chi connectivity index (χ3n) is 2.16. The predicted octanol–water partition coefficient (Wildman–Crippen LogP) is 2.51. The average Bonchev–Trinajstić information content (AvgIpc) is 2.26. The molecule has 1 aromatic rings. The van der Waals surface area contributed by atoms with Gasteiger partial charge in [0.25, 0.3) is 12.1 Å². The fraction of sp³-hybridized carbons (Fsp3) is 0.400. The first-order valence-corrected chi connectivity index (χ1v) is 4.76. The van der Waals surface area contributed by atoms with E-state index in [1.165, 1.54) is 18.2 Å². The van der Waals surface area contributed by atoms with Crippen LogP contribution >= 0.6 is 0 Å². The minimum absolute atomic E-state index is 0.0387. The fourth-order valence-corrected chi connectivity index (χ4v) is 1.29. The number of hydrogen-bond acceptors (Lipinski definition) is 3. The molecule has 1 aromatic carbocycles. The zero-order chi connectivity index (χ0) is 12.1. The average molecular weight is 230 g/mol.